The summed E-state index contributed by atoms with van der Waals surface area (Å²) in [6.07, 6.45) is 6.06. The summed E-state index contributed by atoms with van der Waals surface area (Å²) in [5.41, 5.74) is 3.56. The molecule has 3 aliphatic heterocycles. The maximum atomic E-state index is 4.82. The van der Waals surface area contributed by atoms with Crippen LogP contribution in [-0.2, 0) is 0 Å². The minimum atomic E-state index is 0.0865. The van der Waals surface area contributed by atoms with Crippen molar-refractivity contribution in [2.75, 3.05) is 27.2 Å². The number of hydrogen-bond acceptors (Lipinski definition) is 5. The molecule has 0 aliphatic carbocycles. The van der Waals surface area contributed by atoms with Crippen LogP contribution in [0.4, 0.5) is 0 Å². The number of aliphatic imine (C=N–C) groups is 1. The first-order chi connectivity index (χ1) is 12.6. The van der Waals surface area contributed by atoms with Gasteiger partial charge in [-0.1, -0.05) is 30.3 Å². The van der Waals surface area contributed by atoms with E-state index in [0.29, 0.717) is 6.04 Å². The zero-order valence-corrected chi connectivity index (χ0v) is 16.0. The minimum absolute atomic E-state index is 0.0865. The highest BCUT2D eigenvalue weighted by molar-refractivity contribution is 5.85. The Balaban J connectivity index is 1.65. The van der Waals surface area contributed by atoms with Crippen molar-refractivity contribution >= 4 is 11.5 Å². The van der Waals surface area contributed by atoms with Gasteiger partial charge in [0.05, 0.1) is 11.5 Å². The maximum Gasteiger partial charge on any atom is 0.129 e. The molecule has 26 heavy (non-hydrogen) atoms. The highest BCUT2D eigenvalue weighted by atomic mass is 15.3. The first kappa shape index (κ1) is 17.2. The molecule has 4 rings (SSSR count). The van der Waals surface area contributed by atoms with Gasteiger partial charge in [0.15, 0.2) is 0 Å². The molecule has 2 N–H and O–H groups in total. The average molecular weight is 351 g/mol. The summed E-state index contributed by atoms with van der Waals surface area (Å²) in [6.45, 7) is 4.25. The van der Waals surface area contributed by atoms with Gasteiger partial charge in [-0.15, -0.1) is 0 Å². The van der Waals surface area contributed by atoms with E-state index in [1.54, 1.807) is 0 Å². The molecule has 1 aromatic rings. The van der Waals surface area contributed by atoms with Crippen LogP contribution in [0.1, 0.15) is 31.7 Å². The Kier molecular flexibility index (Phi) is 4.72. The average Bonchev–Trinajstić information content (AvgIpc) is 3.06. The third-order valence-corrected chi connectivity index (χ3v) is 5.35. The molecule has 0 saturated carbocycles. The fourth-order valence-electron chi connectivity index (χ4n) is 4.20. The molecule has 0 amide bonds. The monoisotopic (exact) mass is 351 g/mol. The zero-order valence-electron chi connectivity index (χ0n) is 16.0. The number of piperidine rings is 1. The molecule has 3 heterocycles. The Labute approximate surface area is 156 Å². The van der Waals surface area contributed by atoms with Gasteiger partial charge in [-0.2, -0.15) is 0 Å². The predicted octanol–water partition coefficient (Wildman–Crippen LogP) is 2.61. The van der Waals surface area contributed by atoms with Crippen molar-refractivity contribution in [2.45, 2.75) is 38.3 Å². The van der Waals surface area contributed by atoms with Crippen LogP contribution in [-0.4, -0.2) is 54.9 Å². The third kappa shape index (κ3) is 3.36. The molecule has 0 radical (unpaired) electrons. The number of nitrogens with one attached hydrogen (secondary N) is 2. The lowest BCUT2D eigenvalue weighted by molar-refractivity contribution is 0.150. The lowest BCUT2D eigenvalue weighted by atomic mass is 10.0. The van der Waals surface area contributed by atoms with Crippen molar-refractivity contribution < 1.29 is 0 Å². The van der Waals surface area contributed by atoms with E-state index in [2.05, 4.69) is 77.9 Å². The number of fused-ring (bicyclic) bond motifs is 1. The van der Waals surface area contributed by atoms with Crippen LogP contribution in [0.5, 0.6) is 0 Å². The summed E-state index contributed by atoms with van der Waals surface area (Å²) in [6, 6.07) is 11.2. The van der Waals surface area contributed by atoms with Gasteiger partial charge in [-0.3, -0.25) is 4.99 Å². The van der Waals surface area contributed by atoms with Crippen molar-refractivity contribution in [3.63, 3.8) is 0 Å². The van der Waals surface area contributed by atoms with Gasteiger partial charge in [0.1, 0.15) is 11.9 Å². The zero-order chi connectivity index (χ0) is 18.1. The Morgan fingerprint density at radius 3 is 2.73 bits per heavy atom. The van der Waals surface area contributed by atoms with Gasteiger partial charge in [0.2, 0.25) is 0 Å². The lowest BCUT2D eigenvalue weighted by Crippen LogP contribution is -2.50. The van der Waals surface area contributed by atoms with E-state index in [1.165, 1.54) is 36.3 Å². The quantitative estimate of drug-likeness (QED) is 0.875. The number of hydrogen-bond donors (Lipinski definition) is 2. The molecule has 138 valence electrons. The first-order valence-corrected chi connectivity index (χ1v) is 9.63. The maximum absolute atomic E-state index is 4.82. The molecule has 5 nitrogen and oxygen atoms in total. The van der Waals surface area contributed by atoms with E-state index in [9.17, 15) is 0 Å². The van der Waals surface area contributed by atoms with Crippen LogP contribution in [0.25, 0.3) is 5.70 Å². The topological polar surface area (TPSA) is 42.9 Å². The van der Waals surface area contributed by atoms with Crippen LogP contribution in [0, 0.1) is 0 Å². The summed E-state index contributed by atoms with van der Waals surface area (Å²) in [4.78, 5) is 9.69. The summed E-state index contributed by atoms with van der Waals surface area (Å²) in [7, 11) is 4.33. The van der Waals surface area contributed by atoms with E-state index in [-0.39, 0.29) is 6.04 Å². The van der Waals surface area contributed by atoms with Crippen LogP contribution in [0.2, 0.25) is 0 Å². The number of rotatable bonds is 4. The third-order valence-electron chi connectivity index (χ3n) is 5.35. The Hall–Kier alpha value is -2.27. The highest BCUT2D eigenvalue weighted by Gasteiger charge is 2.34. The number of likely N-dealkylation sites (N-methyl/N-ethyl adjacent to an activating group) is 1. The molecule has 0 aromatic heterocycles. The molecule has 5 heteroatoms. The summed E-state index contributed by atoms with van der Waals surface area (Å²) in [5.74, 6) is 2.21. The second-order valence-corrected chi connectivity index (χ2v) is 7.72. The van der Waals surface area contributed by atoms with Crippen molar-refractivity contribution in [1.82, 2.24) is 20.4 Å². The normalized spacial score (nSPS) is 25.5. The van der Waals surface area contributed by atoms with Gasteiger partial charge in [0.25, 0.3) is 0 Å². The van der Waals surface area contributed by atoms with E-state index in [1.807, 2.05) is 0 Å². The minimum Gasteiger partial charge on any atom is -0.354 e. The second-order valence-electron chi connectivity index (χ2n) is 7.72. The molecule has 1 fully saturated rings. The molecule has 1 saturated heterocycles. The van der Waals surface area contributed by atoms with E-state index >= 15 is 0 Å². The van der Waals surface area contributed by atoms with Gasteiger partial charge in [-0.05, 0) is 51.9 Å². The van der Waals surface area contributed by atoms with E-state index in [0.717, 1.165) is 24.6 Å². The van der Waals surface area contributed by atoms with Crippen LogP contribution in [0.3, 0.4) is 0 Å². The Bertz CT molecular complexity index is 747. The second kappa shape index (κ2) is 7.16. The molecule has 1 aromatic carbocycles. The first-order valence-electron chi connectivity index (χ1n) is 9.63. The number of nitrogens with zero attached hydrogens (tertiary/aromatic N) is 3. The van der Waals surface area contributed by atoms with Gasteiger partial charge >= 0.3 is 0 Å². The van der Waals surface area contributed by atoms with Crippen molar-refractivity contribution in [1.29, 1.82) is 0 Å². The molecule has 0 bridgehead atoms. The molecular formula is C21H29N5. The van der Waals surface area contributed by atoms with Crippen LogP contribution < -0.4 is 10.6 Å². The number of benzene rings is 1. The largest absolute Gasteiger partial charge is 0.354 e. The smallest absolute Gasteiger partial charge is 0.129 e. The van der Waals surface area contributed by atoms with Gasteiger partial charge in [0, 0.05) is 24.8 Å². The molecular weight excluding hydrogens is 322 g/mol. The lowest BCUT2D eigenvalue weighted by Gasteiger charge is -2.42. The number of likely N-dealkylation sites (tertiary alicyclic amines) is 1. The van der Waals surface area contributed by atoms with Gasteiger partial charge in [-0.25, -0.2) is 0 Å². The fraction of sp³-hybridized carbons (Fsp3) is 0.476. The summed E-state index contributed by atoms with van der Waals surface area (Å²) in [5, 5.41) is 7.24. The van der Waals surface area contributed by atoms with Gasteiger partial charge < -0.3 is 20.4 Å². The van der Waals surface area contributed by atoms with Crippen molar-refractivity contribution in [3.8, 4) is 0 Å². The standard InChI is InChI=1S/C21H29N5/c1-15-22-19-13-18(16-9-5-4-6-10-16)24-20(19)21(23-15)26-12-8-7-11-17(26)14-25(2)3/h4-6,9-10,13,17,19,24H,7-8,11-12,14H2,1-3H3,(H,22,23). The predicted molar refractivity (Wildman–Crippen MR) is 108 cm³/mol. The van der Waals surface area contributed by atoms with Crippen LogP contribution >= 0.6 is 0 Å². The molecule has 0 spiro atoms. The summed E-state index contributed by atoms with van der Waals surface area (Å²) < 4.78 is 0. The molecule has 2 atom stereocenters. The van der Waals surface area contributed by atoms with E-state index in [4.69, 9.17) is 4.99 Å². The SMILES string of the molecule is CC1=NC2C=C(c3ccccc3)NC2=C(N2CCCCC2CN(C)C)N1. The van der Waals surface area contributed by atoms with E-state index < -0.39 is 0 Å². The van der Waals surface area contributed by atoms with Crippen molar-refractivity contribution in [3.05, 3.63) is 53.5 Å². The van der Waals surface area contributed by atoms with Crippen LogP contribution in [0.15, 0.2) is 52.9 Å². The Morgan fingerprint density at radius 1 is 1.15 bits per heavy atom. The summed E-state index contributed by atoms with van der Waals surface area (Å²) >= 11 is 0. The molecule has 2 unspecified atom stereocenters. The number of amidine groups is 1. The highest BCUT2D eigenvalue weighted by Crippen LogP contribution is 2.31. The fourth-order valence-corrected chi connectivity index (χ4v) is 4.20. The Morgan fingerprint density at radius 2 is 1.96 bits per heavy atom. The van der Waals surface area contributed by atoms with Crippen molar-refractivity contribution in [2.24, 2.45) is 4.99 Å². The molecule has 3 aliphatic rings.